The van der Waals surface area contributed by atoms with Crippen molar-refractivity contribution in [2.75, 3.05) is 0 Å². The van der Waals surface area contributed by atoms with Crippen LogP contribution in [0.4, 0.5) is 23.2 Å². The number of amides is 1. The number of nitrogens with one attached hydrogen (secondary N) is 1. The number of carbonyl (C=O) groups excluding carboxylic acids is 1. The van der Waals surface area contributed by atoms with E-state index < -0.39 is 23.5 Å². The second-order valence-corrected chi connectivity index (χ2v) is 6.05. The van der Waals surface area contributed by atoms with Crippen LogP contribution in [-0.4, -0.2) is 11.1 Å². The largest absolute Gasteiger partial charge is 0.418 e. The highest BCUT2D eigenvalue weighted by atomic mass is 32.2. The van der Waals surface area contributed by atoms with Gasteiger partial charge in [-0.25, -0.2) is 9.38 Å². The molecule has 1 amide bonds. The van der Waals surface area contributed by atoms with Crippen LogP contribution in [-0.2, 0) is 11.0 Å². The number of hydrogen-bond donors (Lipinski definition) is 1. The first-order chi connectivity index (χ1) is 11.8. The molecule has 1 heterocycles. The normalized spacial score (nSPS) is 18.0. The van der Waals surface area contributed by atoms with E-state index in [1.807, 2.05) is 0 Å². The summed E-state index contributed by atoms with van der Waals surface area (Å²) in [6.45, 7) is 0. The summed E-state index contributed by atoms with van der Waals surface area (Å²) in [5, 5.41) is 2.39. The average molecular weight is 366 g/mol. The van der Waals surface area contributed by atoms with Crippen molar-refractivity contribution in [1.82, 2.24) is 5.32 Å². The van der Waals surface area contributed by atoms with Crippen LogP contribution in [0, 0.1) is 5.82 Å². The standard InChI is InChI=1S/C17H10F4N2OS/c18-12-7-3-1-5-10(12)9-14-15(24)23-16(25-14)22-13-8-4-2-6-11(13)17(19,20)21/h1-9H,(H,22,23,24)/b14-9-. The van der Waals surface area contributed by atoms with E-state index in [1.54, 1.807) is 6.07 Å². The highest BCUT2D eigenvalue weighted by molar-refractivity contribution is 8.18. The molecule has 0 unspecified atom stereocenters. The molecule has 0 bridgehead atoms. The molecular weight excluding hydrogens is 356 g/mol. The number of aliphatic imine (C=N–C) groups is 1. The van der Waals surface area contributed by atoms with Crippen molar-refractivity contribution in [3.8, 4) is 0 Å². The van der Waals surface area contributed by atoms with E-state index in [4.69, 9.17) is 0 Å². The molecule has 1 fully saturated rings. The Hall–Kier alpha value is -2.61. The van der Waals surface area contributed by atoms with Gasteiger partial charge >= 0.3 is 6.18 Å². The predicted molar refractivity (Wildman–Crippen MR) is 88.6 cm³/mol. The van der Waals surface area contributed by atoms with E-state index in [2.05, 4.69) is 10.3 Å². The Morgan fingerprint density at radius 1 is 1.04 bits per heavy atom. The second-order valence-electron chi connectivity index (χ2n) is 5.02. The Morgan fingerprint density at radius 2 is 1.72 bits per heavy atom. The maximum absolute atomic E-state index is 13.7. The maximum atomic E-state index is 13.7. The number of alkyl halides is 3. The van der Waals surface area contributed by atoms with E-state index in [0.29, 0.717) is 0 Å². The third kappa shape index (κ3) is 3.90. The molecule has 0 radical (unpaired) electrons. The second kappa shape index (κ2) is 6.72. The monoisotopic (exact) mass is 366 g/mol. The molecule has 3 rings (SSSR count). The van der Waals surface area contributed by atoms with Crippen LogP contribution in [0.3, 0.4) is 0 Å². The van der Waals surface area contributed by atoms with Crippen LogP contribution in [0.25, 0.3) is 6.08 Å². The van der Waals surface area contributed by atoms with Crippen LogP contribution in [0.2, 0.25) is 0 Å². The van der Waals surface area contributed by atoms with Gasteiger partial charge in [0.1, 0.15) is 5.82 Å². The molecule has 0 aliphatic carbocycles. The van der Waals surface area contributed by atoms with E-state index in [1.165, 1.54) is 42.5 Å². The molecule has 0 aromatic heterocycles. The molecular formula is C17H10F4N2OS. The Kier molecular flexibility index (Phi) is 4.63. The van der Waals surface area contributed by atoms with Crippen LogP contribution < -0.4 is 5.32 Å². The van der Waals surface area contributed by atoms with Crippen LogP contribution >= 0.6 is 11.8 Å². The summed E-state index contributed by atoms with van der Waals surface area (Å²) in [5.74, 6) is -1.05. The zero-order valence-electron chi connectivity index (χ0n) is 12.5. The van der Waals surface area contributed by atoms with Gasteiger partial charge in [0.25, 0.3) is 5.91 Å². The van der Waals surface area contributed by atoms with Gasteiger partial charge in [-0.1, -0.05) is 30.3 Å². The summed E-state index contributed by atoms with van der Waals surface area (Å²) in [6.07, 6.45) is -3.23. The summed E-state index contributed by atoms with van der Waals surface area (Å²) >= 11 is 0.853. The van der Waals surface area contributed by atoms with Gasteiger partial charge in [-0.3, -0.25) is 4.79 Å². The Balaban J connectivity index is 1.91. The molecule has 1 saturated heterocycles. The van der Waals surface area contributed by atoms with Crippen molar-refractivity contribution in [3.63, 3.8) is 0 Å². The summed E-state index contributed by atoms with van der Waals surface area (Å²) in [4.78, 5) is 16.0. The van der Waals surface area contributed by atoms with E-state index in [-0.39, 0.29) is 21.3 Å². The molecule has 2 aromatic carbocycles. The summed E-state index contributed by atoms with van der Waals surface area (Å²) < 4.78 is 52.6. The van der Waals surface area contributed by atoms with Gasteiger partial charge in [-0.2, -0.15) is 13.2 Å². The molecule has 8 heteroatoms. The lowest BCUT2D eigenvalue weighted by atomic mass is 10.2. The summed E-state index contributed by atoms with van der Waals surface area (Å²) in [6, 6.07) is 10.7. The number of amidine groups is 1. The smallest absolute Gasteiger partial charge is 0.300 e. The molecule has 3 nitrogen and oxygen atoms in total. The van der Waals surface area contributed by atoms with Crippen molar-refractivity contribution in [2.45, 2.75) is 6.18 Å². The quantitative estimate of drug-likeness (QED) is 0.616. The number of rotatable bonds is 2. The molecule has 0 saturated carbocycles. The van der Waals surface area contributed by atoms with Crippen molar-refractivity contribution in [1.29, 1.82) is 0 Å². The lowest BCUT2D eigenvalue weighted by Crippen LogP contribution is -2.19. The van der Waals surface area contributed by atoms with Crippen molar-refractivity contribution >= 4 is 34.6 Å². The van der Waals surface area contributed by atoms with Gasteiger partial charge in [-0.05, 0) is 36.0 Å². The van der Waals surface area contributed by atoms with E-state index >= 15 is 0 Å². The fourth-order valence-corrected chi connectivity index (χ4v) is 2.96. The summed E-state index contributed by atoms with van der Waals surface area (Å²) in [7, 11) is 0. The number of hydrogen-bond acceptors (Lipinski definition) is 3. The molecule has 0 spiro atoms. The van der Waals surface area contributed by atoms with Crippen LogP contribution in [0.1, 0.15) is 11.1 Å². The van der Waals surface area contributed by atoms with Crippen LogP contribution in [0.5, 0.6) is 0 Å². The molecule has 1 N–H and O–H groups in total. The number of nitrogens with zero attached hydrogens (tertiary/aromatic N) is 1. The first-order valence-electron chi connectivity index (χ1n) is 7.05. The molecule has 2 aromatic rings. The predicted octanol–water partition coefficient (Wildman–Crippen LogP) is 4.74. The van der Waals surface area contributed by atoms with Crippen molar-refractivity contribution in [3.05, 3.63) is 70.4 Å². The zero-order chi connectivity index (χ0) is 18.0. The number of halogens is 4. The Morgan fingerprint density at radius 3 is 2.44 bits per heavy atom. The fraction of sp³-hybridized carbons (Fsp3) is 0.0588. The van der Waals surface area contributed by atoms with Crippen molar-refractivity contribution in [2.24, 2.45) is 4.99 Å². The molecule has 1 aliphatic rings. The third-order valence-corrected chi connectivity index (χ3v) is 4.18. The minimum absolute atomic E-state index is 0.00397. The van der Waals surface area contributed by atoms with Gasteiger partial charge in [-0.15, -0.1) is 0 Å². The Labute approximate surface area is 144 Å². The number of benzene rings is 2. The highest BCUT2D eigenvalue weighted by Gasteiger charge is 2.34. The van der Waals surface area contributed by atoms with Gasteiger partial charge in [0.15, 0.2) is 5.17 Å². The highest BCUT2D eigenvalue weighted by Crippen LogP contribution is 2.37. The SMILES string of the molecule is O=C1NC(=Nc2ccccc2C(F)(F)F)S/C1=C\c1ccccc1F. The van der Waals surface area contributed by atoms with Crippen LogP contribution in [0.15, 0.2) is 58.4 Å². The fourth-order valence-electron chi connectivity index (χ4n) is 2.13. The first kappa shape index (κ1) is 17.2. The number of para-hydroxylation sites is 1. The molecule has 1 aliphatic heterocycles. The summed E-state index contributed by atoms with van der Waals surface area (Å²) in [5.41, 5.74) is -0.995. The minimum Gasteiger partial charge on any atom is -0.300 e. The van der Waals surface area contributed by atoms with E-state index in [0.717, 1.165) is 17.8 Å². The minimum atomic E-state index is -4.56. The average Bonchev–Trinajstić information content (AvgIpc) is 2.88. The maximum Gasteiger partial charge on any atom is 0.418 e. The third-order valence-electron chi connectivity index (χ3n) is 3.27. The lowest BCUT2D eigenvalue weighted by molar-refractivity contribution is -0.137. The topological polar surface area (TPSA) is 41.5 Å². The lowest BCUT2D eigenvalue weighted by Gasteiger charge is -2.09. The number of thioether (sulfide) groups is 1. The van der Waals surface area contributed by atoms with Gasteiger partial charge in [0.2, 0.25) is 0 Å². The molecule has 25 heavy (non-hydrogen) atoms. The van der Waals surface area contributed by atoms with E-state index in [9.17, 15) is 22.4 Å². The first-order valence-corrected chi connectivity index (χ1v) is 7.86. The van der Waals surface area contributed by atoms with Gasteiger partial charge in [0.05, 0.1) is 16.2 Å². The zero-order valence-corrected chi connectivity index (χ0v) is 13.3. The Bertz CT molecular complexity index is 890. The molecule has 128 valence electrons. The van der Waals surface area contributed by atoms with Gasteiger partial charge < -0.3 is 5.32 Å². The molecule has 0 atom stereocenters. The number of carbonyl (C=O) groups is 1. The van der Waals surface area contributed by atoms with Gasteiger partial charge in [0, 0.05) is 5.56 Å². The van der Waals surface area contributed by atoms with Crippen molar-refractivity contribution < 1.29 is 22.4 Å².